The maximum atomic E-state index is 11.9. The summed E-state index contributed by atoms with van der Waals surface area (Å²) in [4.78, 5) is 23.9. The van der Waals surface area contributed by atoms with Crippen molar-refractivity contribution in [2.45, 2.75) is 26.9 Å². The van der Waals surface area contributed by atoms with Crippen LogP contribution in [0.5, 0.6) is 0 Å². The number of amides is 2. The van der Waals surface area contributed by atoms with Crippen LogP contribution in [0.1, 0.15) is 25.0 Å². The molecule has 158 valence electrons. The van der Waals surface area contributed by atoms with Crippen LogP contribution in [-0.4, -0.2) is 24.9 Å². The molecule has 6 nitrogen and oxygen atoms in total. The van der Waals surface area contributed by atoms with Gasteiger partial charge >= 0.3 is 0 Å². The molecule has 0 aromatic heterocycles. The summed E-state index contributed by atoms with van der Waals surface area (Å²) in [5.41, 5.74) is 3.86. The zero-order chi connectivity index (χ0) is 21.6. The average molecular weight is 407 g/mol. The zero-order valence-corrected chi connectivity index (χ0v) is 17.6. The fourth-order valence-corrected chi connectivity index (χ4v) is 2.64. The van der Waals surface area contributed by atoms with E-state index < -0.39 is 0 Å². The quantitative estimate of drug-likeness (QED) is 0.342. The molecular formula is C24H30N4O2. The molecule has 30 heavy (non-hydrogen) atoms. The summed E-state index contributed by atoms with van der Waals surface area (Å²) in [6.07, 6.45) is 3.03. The summed E-state index contributed by atoms with van der Waals surface area (Å²) >= 11 is 0. The lowest BCUT2D eigenvalue weighted by molar-refractivity contribution is -0.118. The van der Waals surface area contributed by atoms with Crippen molar-refractivity contribution < 1.29 is 9.59 Å². The molecule has 2 amide bonds. The maximum Gasteiger partial charge on any atom is 0.245 e. The van der Waals surface area contributed by atoms with E-state index in [4.69, 9.17) is 0 Å². The van der Waals surface area contributed by atoms with Crippen molar-refractivity contribution in [3.8, 4) is 0 Å². The Labute approximate surface area is 178 Å². The van der Waals surface area contributed by atoms with Gasteiger partial charge in [0.25, 0.3) is 0 Å². The molecule has 0 spiro atoms. The van der Waals surface area contributed by atoms with Crippen molar-refractivity contribution in [3.05, 3.63) is 95.3 Å². The molecule has 0 aliphatic carbocycles. The van der Waals surface area contributed by atoms with Gasteiger partial charge in [-0.05, 0) is 25.0 Å². The molecule has 2 rings (SSSR count). The Hall–Kier alpha value is -3.54. The Bertz CT molecular complexity index is 788. The molecular weight excluding hydrogens is 376 g/mol. The minimum absolute atomic E-state index is 0.196. The first-order valence-electron chi connectivity index (χ1n) is 10.0. The zero-order valence-electron chi connectivity index (χ0n) is 17.6. The van der Waals surface area contributed by atoms with Crippen molar-refractivity contribution in [1.82, 2.24) is 21.3 Å². The van der Waals surface area contributed by atoms with E-state index in [-0.39, 0.29) is 11.8 Å². The molecule has 2 aromatic rings. The van der Waals surface area contributed by atoms with Crippen molar-refractivity contribution in [2.75, 3.05) is 13.1 Å². The van der Waals surface area contributed by atoms with Crippen LogP contribution < -0.4 is 21.3 Å². The van der Waals surface area contributed by atoms with Crippen LogP contribution in [0.3, 0.4) is 0 Å². The lowest BCUT2D eigenvalue weighted by Crippen LogP contribution is -2.34. The number of hydrogen-bond acceptors (Lipinski definition) is 4. The van der Waals surface area contributed by atoms with Gasteiger partial charge in [0.2, 0.25) is 11.8 Å². The van der Waals surface area contributed by atoms with E-state index in [9.17, 15) is 9.59 Å². The second-order valence-electron chi connectivity index (χ2n) is 6.92. The molecule has 0 unspecified atom stereocenters. The van der Waals surface area contributed by atoms with Gasteiger partial charge in [-0.3, -0.25) is 9.59 Å². The fourth-order valence-electron chi connectivity index (χ4n) is 2.64. The molecule has 0 bridgehead atoms. The van der Waals surface area contributed by atoms with Crippen LogP contribution in [0.4, 0.5) is 0 Å². The van der Waals surface area contributed by atoms with E-state index in [1.807, 2.05) is 74.5 Å². The summed E-state index contributed by atoms with van der Waals surface area (Å²) < 4.78 is 0. The molecule has 4 N–H and O–H groups in total. The molecule has 0 saturated carbocycles. The molecule has 0 fully saturated rings. The van der Waals surface area contributed by atoms with Gasteiger partial charge in [-0.15, -0.1) is 0 Å². The summed E-state index contributed by atoms with van der Waals surface area (Å²) in [5, 5.41) is 11.9. The third-order valence-electron chi connectivity index (χ3n) is 4.25. The Morgan fingerprint density at radius 2 is 1.00 bits per heavy atom. The van der Waals surface area contributed by atoms with Gasteiger partial charge in [-0.25, -0.2) is 0 Å². The third kappa shape index (κ3) is 9.59. The normalized spacial score (nSPS) is 11.5. The van der Waals surface area contributed by atoms with E-state index in [0.717, 1.165) is 22.5 Å². The number of hydrogen-bond donors (Lipinski definition) is 4. The number of rotatable bonds is 11. The van der Waals surface area contributed by atoms with Gasteiger partial charge in [-0.2, -0.15) is 0 Å². The first kappa shape index (κ1) is 22.7. The van der Waals surface area contributed by atoms with E-state index in [1.54, 1.807) is 0 Å². The van der Waals surface area contributed by atoms with Crippen LogP contribution in [0.15, 0.2) is 84.2 Å². The molecule has 0 aliphatic heterocycles. The second kappa shape index (κ2) is 12.8. The van der Waals surface area contributed by atoms with Gasteiger partial charge in [0.05, 0.1) is 0 Å². The molecule has 0 saturated heterocycles. The highest BCUT2D eigenvalue weighted by atomic mass is 16.2. The van der Waals surface area contributed by atoms with Crippen LogP contribution in [0, 0.1) is 0 Å². The monoisotopic (exact) mass is 406 g/mol. The average Bonchev–Trinajstić information content (AvgIpc) is 2.75. The van der Waals surface area contributed by atoms with E-state index in [2.05, 4.69) is 21.3 Å². The highest BCUT2D eigenvalue weighted by Crippen LogP contribution is 2.00. The first-order valence-corrected chi connectivity index (χ1v) is 10.0. The Morgan fingerprint density at radius 3 is 1.37 bits per heavy atom. The highest BCUT2D eigenvalue weighted by Gasteiger charge is 2.01. The number of carbonyl (C=O) groups excluding carboxylic acids is 2. The Kier molecular flexibility index (Phi) is 9.73. The van der Waals surface area contributed by atoms with Crippen molar-refractivity contribution in [1.29, 1.82) is 0 Å². The predicted molar refractivity (Wildman–Crippen MR) is 120 cm³/mol. The smallest absolute Gasteiger partial charge is 0.245 e. The Balaban J connectivity index is 1.61. The highest BCUT2D eigenvalue weighted by molar-refractivity contribution is 5.89. The standard InChI is InChI=1S/C24H30N4O2/c1-19(27-17-21-9-5-3-6-10-21)15-23(29)25-13-14-26-24(30)16-20(2)28-18-22-11-7-4-8-12-22/h3-12,15-16,27-28H,13-14,17-18H2,1-2H3,(H,25,29)(H,26,30)/b19-15-,20-16-. The van der Waals surface area contributed by atoms with E-state index in [1.165, 1.54) is 12.2 Å². The largest absolute Gasteiger partial charge is 0.384 e. The summed E-state index contributed by atoms with van der Waals surface area (Å²) in [6.45, 7) is 5.74. The SMILES string of the molecule is C/C(=C/C(=O)NCCNC(=O)/C=C(/C)NCc1ccccc1)NCc1ccccc1. The van der Waals surface area contributed by atoms with Crippen LogP contribution in [-0.2, 0) is 22.7 Å². The van der Waals surface area contributed by atoms with Crippen molar-refractivity contribution in [2.24, 2.45) is 0 Å². The molecule has 0 radical (unpaired) electrons. The van der Waals surface area contributed by atoms with Gasteiger partial charge in [-0.1, -0.05) is 60.7 Å². The van der Waals surface area contributed by atoms with Crippen LogP contribution in [0.2, 0.25) is 0 Å². The molecule has 0 aliphatic rings. The van der Waals surface area contributed by atoms with Gasteiger partial charge in [0.15, 0.2) is 0 Å². The Morgan fingerprint density at radius 1 is 0.633 bits per heavy atom. The molecule has 2 aromatic carbocycles. The van der Waals surface area contributed by atoms with Crippen LogP contribution >= 0.6 is 0 Å². The van der Waals surface area contributed by atoms with E-state index >= 15 is 0 Å². The lowest BCUT2D eigenvalue weighted by atomic mass is 10.2. The minimum atomic E-state index is -0.196. The molecule has 0 heterocycles. The van der Waals surface area contributed by atoms with Crippen LogP contribution in [0.25, 0.3) is 0 Å². The molecule has 0 atom stereocenters. The number of allylic oxidation sites excluding steroid dienone is 2. The lowest BCUT2D eigenvalue weighted by Gasteiger charge is -2.08. The maximum absolute atomic E-state index is 11.9. The molecule has 6 heteroatoms. The van der Waals surface area contributed by atoms with Crippen molar-refractivity contribution in [3.63, 3.8) is 0 Å². The third-order valence-corrected chi connectivity index (χ3v) is 4.25. The summed E-state index contributed by atoms with van der Waals surface area (Å²) in [5.74, 6) is -0.392. The minimum Gasteiger partial charge on any atom is -0.384 e. The number of benzene rings is 2. The predicted octanol–water partition coefficient (Wildman–Crippen LogP) is 2.61. The number of nitrogens with one attached hydrogen (secondary N) is 4. The van der Waals surface area contributed by atoms with Crippen molar-refractivity contribution >= 4 is 11.8 Å². The fraction of sp³-hybridized carbons (Fsp3) is 0.250. The van der Waals surface area contributed by atoms with Gasteiger partial charge < -0.3 is 21.3 Å². The summed E-state index contributed by atoms with van der Waals surface area (Å²) in [7, 11) is 0. The summed E-state index contributed by atoms with van der Waals surface area (Å²) in [6, 6.07) is 20.0. The van der Waals surface area contributed by atoms with E-state index in [0.29, 0.717) is 26.2 Å². The number of carbonyl (C=O) groups is 2. The van der Waals surface area contributed by atoms with Gasteiger partial charge in [0.1, 0.15) is 0 Å². The topological polar surface area (TPSA) is 82.3 Å². The second-order valence-corrected chi connectivity index (χ2v) is 6.92. The van der Waals surface area contributed by atoms with Gasteiger partial charge in [0, 0.05) is 49.7 Å². The first-order chi connectivity index (χ1) is 14.5.